The Hall–Kier alpha value is -1.83. The topological polar surface area (TPSA) is 66.4 Å². The number of carbonyl (C=O) groups excluding carboxylic acids is 1. The van der Waals surface area contributed by atoms with E-state index >= 15 is 0 Å². The van der Waals surface area contributed by atoms with Crippen LogP contribution in [-0.4, -0.2) is 23.2 Å². The van der Waals surface area contributed by atoms with E-state index in [1.807, 2.05) is 0 Å². The number of hydrogen-bond acceptors (Lipinski definition) is 2. The van der Waals surface area contributed by atoms with Gasteiger partial charge in [0.2, 0.25) is 0 Å². The Bertz CT molecular complexity index is 557. The van der Waals surface area contributed by atoms with Gasteiger partial charge in [0.1, 0.15) is 11.4 Å². The van der Waals surface area contributed by atoms with Crippen LogP contribution in [0.1, 0.15) is 15.9 Å². The zero-order chi connectivity index (χ0) is 15.0. The normalized spacial score (nSPS) is 11.3. The summed E-state index contributed by atoms with van der Waals surface area (Å²) in [7, 11) is 0. The highest BCUT2D eigenvalue weighted by Gasteiger charge is 2.39. The van der Waals surface area contributed by atoms with Crippen LogP contribution in [0.5, 0.6) is 0 Å². The fourth-order valence-corrected chi connectivity index (χ4v) is 1.64. The van der Waals surface area contributed by atoms with Gasteiger partial charge in [-0.05, 0) is 18.6 Å². The molecule has 104 valence electrons. The molecule has 1 rings (SSSR count). The molecule has 1 aromatic carbocycles. The van der Waals surface area contributed by atoms with Crippen molar-refractivity contribution < 1.29 is 32.3 Å². The molecule has 0 bridgehead atoms. The van der Waals surface area contributed by atoms with Gasteiger partial charge in [-0.1, -0.05) is 11.6 Å². The van der Waals surface area contributed by atoms with Crippen molar-refractivity contribution in [2.24, 2.45) is 0 Å². The first-order valence-electron chi connectivity index (χ1n) is 4.65. The van der Waals surface area contributed by atoms with Crippen LogP contribution in [0, 0.1) is 12.7 Å². The average Bonchev–Trinajstić information content (AvgIpc) is 2.21. The molecule has 4 nitrogen and oxygen atoms in total. The molecule has 0 aliphatic rings. The van der Waals surface area contributed by atoms with E-state index in [1.165, 1.54) is 12.2 Å². The quantitative estimate of drug-likeness (QED) is 0.825. The number of carbonyl (C=O) groups is 2. The SMILES string of the molecule is Cc1cc(F)c(C(=O)O)c(Cl)c1NC(=O)C(F)(F)F. The fraction of sp³-hybridized carbons (Fsp3) is 0.200. The van der Waals surface area contributed by atoms with Crippen LogP contribution in [0.3, 0.4) is 0 Å². The standard InChI is InChI=1S/C10H6ClF4NO3/c1-3-2-4(12)5(8(17)18)6(11)7(3)16-9(19)10(13,14)15/h2H,1H3,(H,16,19)(H,17,18). The minimum atomic E-state index is -5.17. The monoisotopic (exact) mass is 299 g/mol. The molecular weight excluding hydrogens is 294 g/mol. The number of carboxylic acids is 1. The second-order valence-corrected chi connectivity index (χ2v) is 3.87. The van der Waals surface area contributed by atoms with Crippen LogP contribution >= 0.6 is 11.6 Å². The number of rotatable bonds is 2. The molecule has 0 aliphatic heterocycles. The number of halogens is 5. The summed E-state index contributed by atoms with van der Waals surface area (Å²) in [6.45, 7) is 1.17. The maximum Gasteiger partial charge on any atom is 0.471 e. The van der Waals surface area contributed by atoms with Gasteiger partial charge in [-0.25, -0.2) is 9.18 Å². The van der Waals surface area contributed by atoms with E-state index in [9.17, 15) is 27.2 Å². The lowest BCUT2D eigenvalue weighted by atomic mass is 10.1. The fourth-order valence-electron chi connectivity index (χ4n) is 1.27. The molecule has 0 aliphatic carbocycles. The summed E-state index contributed by atoms with van der Waals surface area (Å²) in [5.41, 5.74) is -1.74. The minimum Gasteiger partial charge on any atom is -0.478 e. The number of anilines is 1. The van der Waals surface area contributed by atoms with Crippen LogP contribution in [0.25, 0.3) is 0 Å². The van der Waals surface area contributed by atoms with Gasteiger partial charge in [0.25, 0.3) is 0 Å². The van der Waals surface area contributed by atoms with Gasteiger partial charge in [0, 0.05) is 0 Å². The Morgan fingerprint density at radius 1 is 1.37 bits per heavy atom. The zero-order valence-corrected chi connectivity index (χ0v) is 9.99. The maximum absolute atomic E-state index is 13.3. The van der Waals surface area contributed by atoms with Gasteiger partial charge >= 0.3 is 18.1 Å². The molecule has 9 heteroatoms. The van der Waals surface area contributed by atoms with Crippen molar-refractivity contribution in [2.75, 3.05) is 5.32 Å². The summed E-state index contributed by atoms with van der Waals surface area (Å²) >= 11 is 5.51. The third kappa shape index (κ3) is 3.14. The first-order chi connectivity index (χ1) is 8.55. The molecule has 0 saturated heterocycles. The average molecular weight is 300 g/mol. The van der Waals surface area contributed by atoms with E-state index in [4.69, 9.17) is 16.7 Å². The second-order valence-electron chi connectivity index (χ2n) is 3.50. The number of nitrogens with one attached hydrogen (secondary N) is 1. The number of carboxylic acid groups (broad SMARTS) is 1. The number of amides is 1. The number of alkyl halides is 3. The number of aryl methyl sites for hydroxylation is 1. The van der Waals surface area contributed by atoms with E-state index in [1.54, 1.807) is 0 Å². The number of benzene rings is 1. The third-order valence-corrected chi connectivity index (χ3v) is 2.50. The lowest BCUT2D eigenvalue weighted by Gasteiger charge is -2.14. The summed E-state index contributed by atoms with van der Waals surface area (Å²) in [5, 5.41) is 9.31. The summed E-state index contributed by atoms with van der Waals surface area (Å²) in [4.78, 5) is 21.5. The van der Waals surface area contributed by atoms with Gasteiger partial charge in [0.15, 0.2) is 0 Å². The summed E-state index contributed by atoms with van der Waals surface area (Å²) in [5.74, 6) is -5.30. The van der Waals surface area contributed by atoms with Crippen molar-refractivity contribution in [3.63, 3.8) is 0 Å². The largest absolute Gasteiger partial charge is 0.478 e. The molecular formula is C10H6ClF4NO3. The Morgan fingerprint density at radius 3 is 2.32 bits per heavy atom. The highest BCUT2D eigenvalue weighted by Crippen LogP contribution is 2.33. The highest BCUT2D eigenvalue weighted by atomic mass is 35.5. The predicted octanol–water partition coefficient (Wildman–Crippen LogP) is 2.99. The van der Waals surface area contributed by atoms with E-state index < -0.39 is 40.1 Å². The molecule has 19 heavy (non-hydrogen) atoms. The number of aromatic carboxylic acids is 1. The zero-order valence-electron chi connectivity index (χ0n) is 9.23. The molecule has 0 atom stereocenters. The number of hydrogen-bond donors (Lipinski definition) is 2. The Kier molecular flexibility index (Phi) is 4.04. The van der Waals surface area contributed by atoms with Crippen molar-refractivity contribution in [1.82, 2.24) is 0 Å². The summed E-state index contributed by atoms with van der Waals surface area (Å²) in [6, 6.07) is 0.668. The van der Waals surface area contributed by atoms with Crippen LogP contribution < -0.4 is 5.32 Å². The Balaban J connectivity index is 3.33. The van der Waals surface area contributed by atoms with Crippen molar-refractivity contribution in [1.29, 1.82) is 0 Å². The third-order valence-electron chi connectivity index (χ3n) is 2.13. The predicted molar refractivity (Wildman–Crippen MR) is 57.8 cm³/mol. The lowest BCUT2D eigenvalue weighted by Crippen LogP contribution is -2.30. The van der Waals surface area contributed by atoms with Gasteiger partial charge < -0.3 is 10.4 Å². The molecule has 0 radical (unpaired) electrons. The molecule has 0 fully saturated rings. The lowest BCUT2D eigenvalue weighted by molar-refractivity contribution is -0.167. The summed E-state index contributed by atoms with van der Waals surface area (Å²) in [6.07, 6.45) is -5.17. The van der Waals surface area contributed by atoms with Crippen LogP contribution in [0.4, 0.5) is 23.2 Å². The van der Waals surface area contributed by atoms with E-state index in [0.717, 1.165) is 0 Å². The molecule has 0 unspecified atom stereocenters. The van der Waals surface area contributed by atoms with Gasteiger partial charge in [-0.2, -0.15) is 13.2 Å². The van der Waals surface area contributed by atoms with Gasteiger partial charge in [0.05, 0.1) is 10.7 Å². The highest BCUT2D eigenvalue weighted by molar-refractivity contribution is 6.36. The molecule has 1 amide bonds. The van der Waals surface area contributed by atoms with Crippen molar-refractivity contribution in [3.8, 4) is 0 Å². The summed E-state index contributed by atoms with van der Waals surface area (Å²) < 4.78 is 49.6. The van der Waals surface area contributed by atoms with E-state index in [-0.39, 0.29) is 5.56 Å². The van der Waals surface area contributed by atoms with E-state index in [2.05, 4.69) is 0 Å². The van der Waals surface area contributed by atoms with Crippen molar-refractivity contribution in [3.05, 3.63) is 28.0 Å². The molecule has 0 heterocycles. The molecule has 0 spiro atoms. The molecule has 0 aromatic heterocycles. The Labute approximate surface area is 109 Å². The minimum absolute atomic E-state index is 0.134. The van der Waals surface area contributed by atoms with Gasteiger partial charge in [-0.15, -0.1) is 0 Å². The molecule has 2 N–H and O–H groups in total. The Morgan fingerprint density at radius 2 is 1.89 bits per heavy atom. The van der Waals surface area contributed by atoms with Crippen LogP contribution in [-0.2, 0) is 4.79 Å². The van der Waals surface area contributed by atoms with Crippen LogP contribution in [0.2, 0.25) is 5.02 Å². The van der Waals surface area contributed by atoms with Crippen molar-refractivity contribution in [2.45, 2.75) is 13.1 Å². The molecule has 0 saturated carbocycles. The van der Waals surface area contributed by atoms with E-state index in [0.29, 0.717) is 6.07 Å². The van der Waals surface area contributed by atoms with Crippen molar-refractivity contribution >= 4 is 29.2 Å². The molecule has 1 aromatic rings. The first-order valence-corrected chi connectivity index (χ1v) is 5.03. The first kappa shape index (κ1) is 15.2. The second kappa shape index (κ2) is 5.04. The van der Waals surface area contributed by atoms with Crippen LogP contribution in [0.15, 0.2) is 6.07 Å². The van der Waals surface area contributed by atoms with Gasteiger partial charge in [-0.3, -0.25) is 4.79 Å². The maximum atomic E-state index is 13.3. The smallest absolute Gasteiger partial charge is 0.471 e.